The van der Waals surface area contributed by atoms with Gasteiger partial charge in [0.2, 0.25) is 0 Å². The highest BCUT2D eigenvalue weighted by Crippen LogP contribution is 2.29. The number of nitrogens with one attached hydrogen (secondary N) is 1. The van der Waals surface area contributed by atoms with Gasteiger partial charge in [0.05, 0.1) is 0 Å². The molecule has 19 heavy (non-hydrogen) atoms. The van der Waals surface area contributed by atoms with Crippen LogP contribution in [0.1, 0.15) is 18.9 Å². The van der Waals surface area contributed by atoms with E-state index in [4.69, 9.17) is 0 Å². The lowest BCUT2D eigenvalue weighted by Crippen LogP contribution is -2.15. The SMILES string of the molecule is CCCNCc1cc(F)ccc1-c1c(Br)nnn1C. The predicted octanol–water partition coefficient (Wildman–Crippen LogP) is 2.88. The Morgan fingerprint density at radius 2 is 2.21 bits per heavy atom. The summed E-state index contributed by atoms with van der Waals surface area (Å²) < 4.78 is 15.8. The van der Waals surface area contributed by atoms with Crippen LogP contribution in [0.5, 0.6) is 0 Å². The van der Waals surface area contributed by atoms with Crippen LogP contribution in [0.25, 0.3) is 11.3 Å². The van der Waals surface area contributed by atoms with Crippen LogP contribution >= 0.6 is 15.9 Å². The second-order valence-electron chi connectivity index (χ2n) is 4.33. The second-order valence-corrected chi connectivity index (χ2v) is 5.08. The number of aryl methyl sites for hydroxylation is 1. The maximum absolute atomic E-state index is 13.4. The summed E-state index contributed by atoms with van der Waals surface area (Å²) in [4.78, 5) is 0. The van der Waals surface area contributed by atoms with Crippen LogP contribution in [0.2, 0.25) is 0 Å². The highest BCUT2D eigenvalue weighted by atomic mass is 79.9. The van der Waals surface area contributed by atoms with E-state index in [2.05, 4.69) is 38.5 Å². The van der Waals surface area contributed by atoms with Crippen LogP contribution in [0.3, 0.4) is 0 Å². The van der Waals surface area contributed by atoms with E-state index in [-0.39, 0.29) is 5.82 Å². The van der Waals surface area contributed by atoms with E-state index in [1.165, 1.54) is 6.07 Å². The molecule has 0 unspecified atom stereocenters. The summed E-state index contributed by atoms with van der Waals surface area (Å²) >= 11 is 3.38. The lowest BCUT2D eigenvalue weighted by atomic mass is 10.0. The highest BCUT2D eigenvalue weighted by molar-refractivity contribution is 9.10. The molecule has 0 aliphatic heterocycles. The third kappa shape index (κ3) is 3.19. The highest BCUT2D eigenvalue weighted by Gasteiger charge is 2.14. The van der Waals surface area contributed by atoms with Gasteiger partial charge in [0.15, 0.2) is 4.60 Å². The third-order valence-electron chi connectivity index (χ3n) is 2.85. The lowest BCUT2D eigenvalue weighted by Gasteiger charge is -2.11. The molecule has 0 aliphatic carbocycles. The van der Waals surface area contributed by atoms with Crippen molar-refractivity contribution in [3.8, 4) is 11.3 Å². The minimum Gasteiger partial charge on any atom is -0.313 e. The molecule has 102 valence electrons. The molecule has 1 aromatic carbocycles. The largest absolute Gasteiger partial charge is 0.313 e. The summed E-state index contributed by atoms with van der Waals surface area (Å²) in [5.74, 6) is -0.233. The van der Waals surface area contributed by atoms with Crippen LogP contribution < -0.4 is 5.32 Å². The number of aromatic nitrogens is 3. The molecule has 0 fully saturated rings. The van der Waals surface area contributed by atoms with E-state index in [1.54, 1.807) is 16.8 Å². The molecule has 1 N–H and O–H groups in total. The predicted molar refractivity (Wildman–Crippen MR) is 76.1 cm³/mol. The summed E-state index contributed by atoms with van der Waals surface area (Å²) in [6.45, 7) is 3.63. The van der Waals surface area contributed by atoms with Gasteiger partial charge in [0.1, 0.15) is 11.5 Å². The van der Waals surface area contributed by atoms with E-state index in [0.717, 1.165) is 29.8 Å². The molecular formula is C13H16BrFN4. The fourth-order valence-corrected chi connectivity index (χ4v) is 2.50. The number of nitrogens with zero attached hydrogens (tertiary/aromatic N) is 3. The fraction of sp³-hybridized carbons (Fsp3) is 0.385. The molecular weight excluding hydrogens is 311 g/mol. The van der Waals surface area contributed by atoms with Crippen molar-refractivity contribution < 1.29 is 4.39 Å². The van der Waals surface area contributed by atoms with Crippen molar-refractivity contribution in [2.45, 2.75) is 19.9 Å². The fourth-order valence-electron chi connectivity index (χ4n) is 1.96. The Morgan fingerprint density at radius 1 is 1.42 bits per heavy atom. The van der Waals surface area contributed by atoms with Crippen LogP contribution in [0.4, 0.5) is 4.39 Å². The zero-order valence-corrected chi connectivity index (χ0v) is 12.5. The molecule has 0 bridgehead atoms. The van der Waals surface area contributed by atoms with Crippen LogP contribution in [0, 0.1) is 5.82 Å². The molecule has 2 rings (SSSR count). The van der Waals surface area contributed by atoms with Crippen molar-refractivity contribution in [1.82, 2.24) is 20.3 Å². The minimum absolute atomic E-state index is 0.233. The van der Waals surface area contributed by atoms with E-state index in [9.17, 15) is 4.39 Å². The zero-order valence-electron chi connectivity index (χ0n) is 11.0. The van der Waals surface area contributed by atoms with Gasteiger partial charge in [0.25, 0.3) is 0 Å². The Bertz CT molecular complexity index is 548. The average Bonchev–Trinajstić information content (AvgIpc) is 2.70. The van der Waals surface area contributed by atoms with Gasteiger partial charge in [-0.2, -0.15) is 0 Å². The second kappa shape index (κ2) is 6.25. The maximum atomic E-state index is 13.4. The molecule has 0 amide bonds. The van der Waals surface area contributed by atoms with Crippen LogP contribution in [-0.2, 0) is 13.6 Å². The van der Waals surface area contributed by atoms with Crippen molar-refractivity contribution >= 4 is 15.9 Å². The van der Waals surface area contributed by atoms with Gasteiger partial charge < -0.3 is 5.32 Å². The molecule has 2 aromatic rings. The molecule has 0 radical (unpaired) electrons. The molecule has 1 heterocycles. The van der Waals surface area contributed by atoms with Crippen molar-refractivity contribution in [2.24, 2.45) is 7.05 Å². The zero-order chi connectivity index (χ0) is 13.8. The van der Waals surface area contributed by atoms with Crippen molar-refractivity contribution in [3.05, 3.63) is 34.2 Å². The van der Waals surface area contributed by atoms with Crippen molar-refractivity contribution in [2.75, 3.05) is 6.54 Å². The minimum atomic E-state index is -0.233. The van der Waals surface area contributed by atoms with Gasteiger partial charge in [-0.3, -0.25) is 0 Å². The summed E-state index contributed by atoms with van der Waals surface area (Å²) in [6, 6.07) is 4.78. The summed E-state index contributed by atoms with van der Waals surface area (Å²) in [7, 11) is 1.82. The monoisotopic (exact) mass is 326 g/mol. The first-order valence-electron chi connectivity index (χ1n) is 6.18. The van der Waals surface area contributed by atoms with Gasteiger partial charge in [0, 0.05) is 19.2 Å². The van der Waals surface area contributed by atoms with Crippen LogP contribution in [0.15, 0.2) is 22.8 Å². The molecule has 4 nitrogen and oxygen atoms in total. The Kier molecular flexibility index (Phi) is 4.66. The number of benzene rings is 1. The molecule has 0 saturated carbocycles. The van der Waals surface area contributed by atoms with Gasteiger partial charge in [-0.1, -0.05) is 12.1 Å². The molecule has 0 spiro atoms. The van der Waals surface area contributed by atoms with E-state index in [0.29, 0.717) is 11.1 Å². The molecule has 0 saturated heterocycles. The first-order valence-corrected chi connectivity index (χ1v) is 6.97. The quantitative estimate of drug-likeness (QED) is 0.859. The van der Waals surface area contributed by atoms with E-state index in [1.807, 2.05) is 7.05 Å². The summed E-state index contributed by atoms with van der Waals surface area (Å²) in [5.41, 5.74) is 2.69. The number of halogens is 2. The lowest BCUT2D eigenvalue weighted by molar-refractivity contribution is 0.619. The first-order chi connectivity index (χ1) is 9.13. The smallest absolute Gasteiger partial charge is 0.156 e. The third-order valence-corrected chi connectivity index (χ3v) is 3.38. The molecule has 1 aromatic heterocycles. The van der Waals surface area contributed by atoms with Gasteiger partial charge in [-0.15, -0.1) is 5.10 Å². The normalized spacial score (nSPS) is 10.9. The average molecular weight is 327 g/mol. The Labute approximate surface area is 120 Å². The molecule has 0 aliphatic rings. The maximum Gasteiger partial charge on any atom is 0.156 e. The van der Waals surface area contributed by atoms with Crippen LogP contribution in [-0.4, -0.2) is 21.5 Å². The summed E-state index contributed by atoms with van der Waals surface area (Å²) in [6.07, 6.45) is 1.04. The van der Waals surface area contributed by atoms with Gasteiger partial charge >= 0.3 is 0 Å². The number of rotatable bonds is 5. The Morgan fingerprint density at radius 3 is 2.84 bits per heavy atom. The number of hydrogen-bond acceptors (Lipinski definition) is 3. The van der Waals surface area contributed by atoms with Gasteiger partial charge in [-0.05, 0) is 52.7 Å². The van der Waals surface area contributed by atoms with Crippen molar-refractivity contribution in [3.63, 3.8) is 0 Å². The number of hydrogen-bond donors (Lipinski definition) is 1. The molecule has 0 atom stereocenters. The van der Waals surface area contributed by atoms with E-state index >= 15 is 0 Å². The summed E-state index contributed by atoms with van der Waals surface area (Å²) in [5, 5.41) is 11.2. The van der Waals surface area contributed by atoms with E-state index < -0.39 is 0 Å². The Balaban J connectivity index is 2.39. The standard InChI is InChI=1S/C13H16BrFN4/c1-3-6-16-8-9-7-10(15)4-5-11(9)12-13(14)17-18-19(12)2/h4-5,7,16H,3,6,8H2,1-2H3. The van der Waals surface area contributed by atoms with Gasteiger partial charge in [-0.25, -0.2) is 9.07 Å². The first kappa shape index (κ1) is 14.1. The Hall–Kier alpha value is -1.27. The molecule has 6 heteroatoms. The van der Waals surface area contributed by atoms with Crippen molar-refractivity contribution in [1.29, 1.82) is 0 Å². The topological polar surface area (TPSA) is 42.7 Å².